The minimum Gasteiger partial charge on any atom is -0.464 e. The van der Waals surface area contributed by atoms with E-state index in [1.54, 1.807) is 12.1 Å². The van der Waals surface area contributed by atoms with Gasteiger partial charge >= 0.3 is 0 Å². The minimum absolute atomic E-state index is 0.148. The second-order valence-electron chi connectivity index (χ2n) is 2.98. The Morgan fingerprint density at radius 1 is 1.24 bits per heavy atom. The summed E-state index contributed by atoms with van der Waals surface area (Å²) in [6.45, 7) is -0.148. The van der Waals surface area contributed by atoms with Gasteiger partial charge in [-0.1, -0.05) is 0 Å². The Balaban J connectivity index is 0.000000171. The number of rotatable bonds is 3. The van der Waals surface area contributed by atoms with Crippen molar-refractivity contribution in [2.45, 2.75) is 12.9 Å². The van der Waals surface area contributed by atoms with Crippen molar-refractivity contribution in [3.05, 3.63) is 47.8 Å². The van der Waals surface area contributed by atoms with Crippen LogP contribution in [0, 0.1) is 0 Å². The Hall–Kier alpha value is -1.89. The predicted molar refractivity (Wildman–Crippen MR) is 55.9 cm³/mol. The van der Waals surface area contributed by atoms with Crippen LogP contribution in [0.1, 0.15) is 28.2 Å². The number of hydrogen-bond acceptors (Lipinski definition) is 6. The van der Waals surface area contributed by atoms with Crippen LogP contribution in [0.2, 0.25) is 0 Å². The summed E-state index contributed by atoms with van der Waals surface area (Å²) in [5.41, 5.74) is 0.532. The second kappa shape index (κ2) is 6.64. The van der Waals surface area contributed by atoms with Crippen molar-refractivity contribution in [1.82, 2.24) is 0 Å². The molecular weight excluding hydrogens is 228 g/mol. The van der Waals surface area contributed by atoms with Gasteiger partial charge in [-0.2, -0.15) is 0 Å². The SMILES string of the molecule is O=Cc1occc1CO.OC(O)c1ccco1. The van der Waals surface area contributed by atoms with E-state index >= 15 is 0 Å². The first kappa shape index (κ1) is 13.2. The van der Waals surface area contributed by atoms with Gasteiger partial charge in [0.05, 0.1) is 19.1 Å². The van der Waals surface area contributed by atoms with Crippen LogP contribution in [0.3, 0.4) is 0 Å². The van der Waals surface area contributed by atoms with Crippen LogP contribution >= 0.6 is 0 Å². The van der Waals surface area contributed by atoms with Crippen molar-refractivity contribution < 1.29 is 28.9 Å². The summed E-state index contributed by atoms with van der Waals surface area (Å²) in [5.74, 6) is 0.377. The van der Waals surface area contributed by atoms with E-state index < -0.39 is 6.29 Å². The summed E-state index contributed by atoms with van der Waals surface area (Å²) >= 11 is 0. The van der Waals surface area contributed by atoms with Gasteiger partial charge in [-0.15, -0.1) is 0 Å². The summed E-state index contributed by atoms with van der Waals surface area (Å²) < 4.78 is 9.27. The van der Waals surface area contributed by atoms with Crippen molar-refractivity contribution in [2.24, 2.45) is 0 Å². The van der Waals surface area contributed by atoms with Crippen molar-refractivity contribution in [3.63, 3.8) is 0 Å². The third-order valence-electron chi connectivity index (χ3n) is 1.86. The largest absolute Gasteiger partial charge is 0.464 e. The number of carbonyl (C=O) groups is 1. The molecular formula is C11H12O6. The van der Waals surface area contributed by atoms with E-state index in [1.165, 1.54) is 18.6 Å². The van der Waals surface area contributed by atoms with Crippen LogP contribution in [0.5, 0.6) is 0 Å². The Kier molecular flexibility index (Phi) is 5.15. The average Bonchev–Trinajstić information content (AvgIpc) is 3.00. The number of hydrogen-bond donors (Lipinski definition) is 3. The van der Waals surface area contributed by atoms with Crippen LogP contribution in [-0.2, 0) is 6.61 Å². The van der Waals surface area contributed by atoms with Gasteiger partial charge in [-0.3, -0.25) is 4.79 Å². The standard InChI is InChI=1S/C6H6O3.C5H6O3/c7-3-5-1-2-9-6(5)4-8;6-5(7)4-2-1-3-8-4/h1-2,4,7H,3H2;1-3,5-7H. The molecule has 0 bridgehead atoms. The summed E-state index contributed by atoms with van der Waals surface area (Å²) in [6, 6.07) is 4.64. The van der Waals surface area contributed by atoms with Crippen LogP contribution in [0.4, 0.5) is 0 Å². The second-order valence-corrected chi connectivity index (χ2v) is 2.98. The number of aliphatic hydroxyl groups excluding tert-OH is 2. The van der Waals surface area contributed by atoms with E-state index in [9.17, 15) is 4.79 Å². The van der Waals surface area contributed by atoms with Gasteiger partial charge in [0.1, 0.15) is 0 Å². The smallest absolute Gasteiger partial charge is 0.212 e. The van der Waals surface area contributed by atoms with Crippen molar-refractivity contribution in [3.8, 4) is 0 Å². The molecule has 0 atom stereocenters. The Labute approximate surface area is 96.7 Å². The molecule has 6 nitrogen and oxygen atoms in total. The molecule has 17 heavy (non-hydrogen) atoms. The molecule has 6 heteroatoms. The Morgan fingerprint density at radius 2 is 2.00 bits per heavy atom. The van der Waals surface area contributed by atoms with E-state index in [-0.39, 0.29) is 18.1 Å². The van der Waals surface area contributed by atoms with Crippen LogP contribution < -0.4 is 0 Å². The molecule has 2 heterocycles. The van der Waals surface area contributed by atoms with Crippen molar-refractivity contribution in [1.29, 1.82) is 0 Å². The molecule has 92 valence electrons. The van der Waals surface area contributed by atoms with Gasteiger partial charge in [-0.25, -0.2) is 0 Å². The van der Waals surface area contributed by atoms with Gasteiger partial charge in [0.15, 0.2) is 17.8 Å². The van der Waals surface area contributed by atoms with E-state index in [2.05, 4.69) is 8.83 Å². The molecule has 0 amide bonds. The lowest BCUT2D eigenvalue weighted by molar-refractivity contribution is -0.0580. The monoisotopic (exact) mass is 240 g/mol. The molecule has 0 spiro atoms. The summed E-state index contributed by atoms with van der Waals surface area (Å²) in [6.07, 6.45) is 1.85. The lowest BCUT2D eigenvalue weighted by Crippen LogP contribution is -1.89. The molecule has 0 fully saturated rings. The molecule has 2 aromatic rings. The van der Waals surface area contributed by atoms with Crippen LogP contribution in [0.25, 0.3) is 0 Å². The van der Waals surface area contributed by atoms with Crippen LogP contribution in [-0.4, -0.2) is 21.6 Å². The van der Waals surface area contributed by atoms with E-state index in [1.807, 2.05) is 0 Å². The van der Waals surface area contributed by atoms with Gasteiger partial charge in [0.2, 0.25) is 6.29 Å². The van der Waals surface area contributed by atoms with Crippen LogP contribution in [0.15, 0.2) is 39.6 Å². The average molecular weight is 240 g/mol. The minimum atomic E-state index is -1.48. The highest BCUT2D eigenvalue weighted by molar-refractivity contribution is 5.72. The molecule has 0 aliphatic rings. The maximum Gasteiger partial charge on any atom is 0.212 e. The fourth-order valence-corrected chi connectivity index (χ4v) is 1.02. The molecule has 2 aromatic heterocycles. The summed E-state index contributed by atoms with van der Waals surface area (Å²) in [5, 5.41) is 25.3. The number of carbonyl (C=O) groups excluding carboxylic acids is 1. The van der Waals surface area contributed by atoms with Crippen molar-refractivity contribution in [2.75, 3.05) is 0 Å². The van der Waals surface area contributed by atoms with Gasteiger partial charge in [-0.05, 0) is 18.2 Å². The molecule has 0 aliphatic carbocycles. The van der Waals surface area contributed by atoms with Crippen molar-refractivity contribution >= 4 is 6.29 Å². The highest BCUT2D eigenvalue weighted by atomic mass is 16.5. The lowest BCUT2D eigenvalue weighted by Gasteiger charge is -1.93. The number of furan rings is 2. The highest BCUT2D eigenvalue weighted by Gasteiger charge is 2.02. The highest BCUT2D eigenvalue weighted by Crippen LogP contribution is 2.08. The predicted octanol–water partition coefficient (Wildman–Crippen LogP) is 0.847. The zero-order valence-electron chi connectivity index (χ0n) is 8.81. The number of aldehydes is 1. The normalized spacial score (nSPS) is 9.88. The fraction of sp³-hybridized carbons (Fsp3) is 0.182. The third kappa shape index (κ3) is 3.87. The quantitative estimate of drug-likeness (QED) is 0.542. The molecule has 0 aliphatic heterocycles. The summed E-state index contributed by atoms with van der Waals surface area (Å²) in [7, 11) is 0. The molecule has 3 N–H and O–H groups in total. The van der Waals surface area contributed by atoms with Gasteiger partial charge < -0.3 is 24.2 Å². The van der Waals surface area contributed by atoms with E-state index in [0.717, 1.165) is 0 Å². The first-order valence-corrected chi connectivity index (χ1v) is 4.71. The van der Waals surface area contributed by atoms with Gasteiger partial charge in [0, 0.05) is 5.56 Å². The zero-order chi connectivity index (χ0) is 12.7. The molecule has 0 saturated carbocycles. The van der Waals surface area contributed by atoms with E-state index in [0.29, 0.717) is 11.8 Å². The molecule has 0 aromatic carbocycles. The third-order valence-corrected chi connectivity index (χ3v) is 1.86. The number of aliphatic hydroxyl groups is 3. The van der Waals surface area contributed by atoms with Gasteiger partial charge in [0.25, 0.3) is 0 Å². The molecule has 0 saturated heterocycles. The van der Waals surface area contributed by atoms with E-state index in [4.69, 9.17) is 15.3 Å². The Bertz CT molecular complexity index is 429. The fourth-order valence-electron chi connectivity index (χ4n) is 1.02. The maximum atomic E-state index is 10.0. The zero-order valence-corrected chi connectivity index (χ0v) is 8.81. The Morgan fingerprint density at radius 3 is 2.35 bits per heavy atom. The first-order valence-electron chi connectivity index (χ1n) is 4.71. The lowest BCUT2D eigenvalue weighted by atomic mass is 10.3. The topological polar surface area (TPSA) is 104 Å². The molecule has 0 unspecified atom stereocenters. The maximum absolute atomic E-state index is 10.0. The summed E-state index contributed by atoms with van der Waals surface area (Å²) in [4.78, 5) is 10.0. The molecule has 0 radical (unpaired) electrons. The first-order chi connectivity index (χ1) is 8.19. The molecule has 2 rings (SSSR count).